The van der Waals surface area contributed by atoms with Crippen molar-refractivity contribution in [3.63, 3.8) is 0 Å². The van der Waals surface area contributed by atoms with Crippen molar-refractivity contribution in [2.75, 3.05) is 5.73 Å². The van der Waals surface area contributed by atoms with Crippen molar-refractivity contribution in [3.05, 3.63) is 65.9 Å². The van der Waals surface area contributed by atoms with Crippen LogP contribution >= 0.6 is 0 Å². The van der Waals surface area contributed by atoms with Crippen LogP contribution in [0.25, 0.3) is 11.1 Å². The van der Waals surface area contributed by atoms with E-state index in [9.17, 15) is 0 Å². The molecule has 0 radical (unpaired) electrons. The number of rotatable bonds is 4. The van der Waals surface area contributed by atoms with E-state index in [1.807, 2.05) is 55.5 Å². The van der Waals surface area contributed by atoms with Gasteiger partial charge in [-0.15, -0.1) is 0 Å². The number of nitrogens with zero attached hydrogens (tertiary/aromatic N) is 1. The third-order valence-electron chi connectivity index (χ3n) is 3.32. The number of hydrogen-bond acceptors (Lipinski definition) is 4. The first-order chi connectivity index (χ1) is 10.2. The average Bonchev–Trinajstić information content (AvgIpc) is 2.93. The van der Waals surface area contributed by atoms with Gasteiger partial charge in [-0.05, 0) is 35.7 Å². The molecule has 0 bridgehead atoms. The Morgan fingerprint density at radius 3 is 2.62 bits per heavy atom. The van der Waals surface area contributed by atoms with Crippen molar-refractivity contribution in [2.45, 2.75) is 13.5 Å². The average molecular weight is 280 g/mol. The van der Waals surface area contributed by atoms with E-state index in [1.54, 1.807) is 6.20 Å². The maximum atomic E-state index is 5.86. The van der Waals surface area contributed by atoms with Crippen LogP contribution in [0.4, 0.5) is 5.88 Å². The van der Waals surface area contributed by atoms with Crippen LogP contribution in [0.15, 0.2) is 59.3 Å². The number of nitrogens with two attached hydrogens (primary N) is 1. The van der Waals surface area contributed by atoms with Gasteiger partial charge in [0, 0.05) is 0 Å². The molecule has 0 amide bonds. The van der Waals surface area contributed by atoms with Crippen molar-refractivity contribution in [3.8, 4) is 16.9 Å². The van der Waals surface area contributed by atoms with E-state index in [2.05, 4.69) is 5.16 Å². The highest BCUT2D eigenvalue weighted by Gasteiger charge is 2.09. The van der Waals surface area contributed by atoms with Gasteiger partial charge in [-0.25, -0.2) is 0 Å². The van der Waals surface area contributed by atoms with Gasteiger partial charge in [0.25, 0.3) is 0 Å². The van der Waals surface area contributed by atoms with E-state index in [0.29, 0.717) is 12.5 Å². The fourth-order valence-electron chi connectivity index (χ4n) is 2.18. The van der Waals surface area contributed by atoms with E-state index in [0.717, 1.165) is 28.0 Å². The topological polar surface area (TPSA) is 61.3 Å². The van der Waals surface area contributed by atoms with Crippen LogP contribution < -0.4 is 10.5 Å². The molecule has 0 aliphatic rings. The van der Waals surface area contributed by atoms with Gasteiger partial charge in [0.15, 0.2) is 0 Å². The van der Waals surface area contributed by atoms with E-state index < -0.39 is 0 Å². The summed E-state index contributed by atoms with van der Waals surface area (Å²) in [6.45, 7) is 2.56. The van der Waals surface area contributed by atoms with Crippen molar-refractivity contribution < 1.29 is 9.26 Å². The quantitative estimate of drug-likeness (QED) is 0.789. The molecule has 1 aromatic heterocycles. The molecule has 0 saturated carbocycles. The molecule has 2 N–H and O–H groups in total. The highest BCUT2D eigenvalue weighted by molar-refractivity contribution is 5.73. The van der Waals surface area contributed by atoms with Gasteiger partial charge >= 0.3 is 0 Å². The first-order valence-corrected chi connectivity index (χ1v) is 6.72. The summed E-state index contributed by atoms with van der Waals surface area (Å²) >= 11 is 0. The third-order valence-corrected chi connectivity index (χ3v) is 3.32. The molecule has 4 nitrogen and oxygen atoms in total. The zero-order chi connectivity index (χ0) is 14.7. The molecule has 0 aliphatic heterocycles. The number of benzene rings is 2. The summed E-state index contributed by atoms with van der Waals surface area (Å²) in [6.07, 6.45) is 1.62. The monoisotopic (exact) mass is 280 g/mol. The first kappa shape index (κ1) is 13.2. The second-order valence-electron chi connectivity index (χ2n) is 4.86. The minimum atomic E-state index is 0.326. The Morgan fingerprint density at radius 2 is 1.95 bits per heavy atom. The van der Waals surface area contributed by atoms with Gasteiger partial charge in [0.2, 0.25) is 5.88 Å². The molecule has 0 unspecified atom stereocenters. The molecular formula is C17H16N2O2. The van der Waals surface area contributed by atoms with Gasteiger partial charge < -0.3 is 15.0 Å². The van der Waals surface area contributed by atoms with Crippen molar-refractivity contribution >= 4 is 5.88 Å². The zero-order valence-electron chi connectivity index (χ0n) is 11.7. The summed E-state index contributed by atoms with van der Waals surface area (Å²) in [5.74, 6) is 1.19. The maximum Gasteiger partial charge on any atom is 0.229 e. The highest BCUT2D eigenvalue weighted by atomic mass is 16.5. The number of ether oxygens (including phenoxy) is 1. The van der Waals surface area contributed by atoms with Crippen LogP contribution in [0.5, 0.6) is 5.75 Å². The molecule has 0 saturated heterocycles. The van der Waals surface area contributed by atoms with Crippen molar-refractivity contribution in [2.24, 2.45) is 0 Å². The molecule has 0 aliphatic carbocycles. The highest BCUT2D eigenvalue weighted by Crippen LogP contribution is 2.29. The predicted octanol–water partition coefficient (Wildman–Crippen LogP) is 3.81. The lowest BCUT2D eigenvalue weighted by Crippen LogP contribution is -1.97. The summed E-state index contributed by atoms with van der Waals surface area (Å²) in [5, 5.41) is 3.69. The number of aryl methyl sites for hydroxylation is 1. The standard InChI is InChI=1S/C17H16N2O2/c1-12-9-14(15-10-19-21-17(15)18)7-8-16(12)20-11-13-5-3-2-4-6-13/h2-10H,11,18H2,1H3. The van der Waals surface area contributed by atoms with E-state index in [-0.39, 0.29) is 0 Å². The maximum absolute atomic E-state index is 5.86. The molecule has 0 spiro atoms. The lowest BCUT2D eigenvalue weighted by atomic mass is 10.1. The van der Waals surface area contributed by atoms with Crippen molar-refractivity contribution in [1.82, 2.24) is 5.16 Å². The van der Waals surface area contributed by atoms with Gasteiger partial charge in [-0.3, -0.25) is 0 Å². The molecule has 2 aromatic carbocycles. The Morgan fingerprint density at radius 1 is 1.14 bits per heavy atom. The molecule has 3 aromatic rings. The normalized spacial score (nSPS) is 10.5. The summed E-state index contributed by atoms with van der Waals surface area (Å²) in [5.41, 5.74) is 9.69. The molecule has 1 heterocycles. The van der Waals surface area contributed by atoms with E-state index in [1.165, 1.54) is 0 Å². The van der Waals surface area contributed by atoms with E-state index >= 15 is 0 Å². The lowest BCUT2D eigenvalue weighted by molar-refractivity contribution is 0.304. The van der Waals surface area contributed by atoms with Gasteiger partial charge in [-0.2, -0.15) is 0 Å². The van der Waals surface area contributed by atoms with Crippen LogP contribution in [-0.4, -0.2) is 5.16 Å². The minimum Gasteiger partial charge on any atom is -0.489 e. The molecular weight excluding hydrogens is 264 g/mol. The van der Waals surface area contributed by atoms with Crippen LogP contribution in [-0.2, 0) is 6.61 Å². The van der Waals surface area contributed by atoms with Crippen molar-refractivity contribution in [1.29, 1.82) is 0 Å². The minimum absolute atomic E-state index is 0.326. The van der Waals surface area contributed by atoms with Crippen LogP contribution in [0.3, 0.4) is 0 Å². The first-order valence-electron chi connectivity index (χ1n) is 6.72. The summed E-state index contributed by atoms with van der Waals surface area (Å²) in [7, 11) is 0. The summed E-state index contributed by atoms with van der Waals surface area (Å²) < 4.78 is 10.7. The SMILES string of the molecule is Cc1cc(-c2cnoc2N)ccc1OCc1ccccc1. The number of nitrogen functional groups attached to an aromatic ring is 1. The smallest absolute Gasteiger partial charge is 0.229 e. The van der Waals surface area contributed by atoms with Crippen LogP contribution in [0, 0.1) is 6.92 Å². The van der Waals surface area contributed by atoms with Crippen LogP contribution in [0.1, 0.15) is 11.1 Å². The molecule has 3 rings (SSSR count). The Hall–Kier alpha value is -2.75. The number of aromatic nitrogens is 1. The zero-order valence-corrected chi connectivity index (χ0v) is 11.7. The van der Waals surface area contributed by atoms with Crippen LogP contribution in [0.2, 0.25) is 0 Å². The molecule has 0 fully saturated rings. The molecule has 106 valence electrons. The fraction of sp³-hybridized carbons (Fsp3) is 0.118. The predicted molar refractivity (Wildman–Crippen MR) is 81.9 cm³/mol. The molecule has 4 heteroatoms. The van der Waals surface area contributed by atoms with E-state index in [4.69, 9.17) is 15.0 Å². The molecule has 0 atom stereocenters. The Labute approximate surface area is 123 Å². The Bertz CT molecular complexity index is 736. The van der Waals surface area contributed by atoms with Gasteiger partial charge in [0.1, 0.15) is 12.4 Å². The Balaban J connectivity index is 1.77. The number of anilines is 1. The van der Waals surface area contributed by atoms with Gasteiger partial charge in [-0.1, -0.05) is 41.6 Å². The number of hydrogen-bond donors (Lipinski definition) is 1. The lowest BCUT2D eigenvalue weighted by Gasteiger charge is -2.10. The third kappa shape index (κ3) is 2.89. The second kappa shape index (κ2) is 5.71. The second-order valence-corrected chi connectivity index (χ2v) is 4.86. The molecule has 21 heavy (non-hydrogen) atoms. The fourth-order valence-corrected chi connectivity index (χ4v) is 2.18. The largest absolute Gasteiger partial charge is 0.489 e. The van der Waals surface area contributed by atoms with Gasteiger partial charge in [0.05, 0.1) is 11.8 Å². The summed E-state index contributed by atoms with van der Waals surface area (Å²) in [6, 6.07) is 16.0. The summed E-state index contributed by atoms with van der Waals surface area (Å²) in [4.78, 5) is 0. The Kier molecular flexibility index (Phi) is 3.60.